The Morgan fingerprint density at radius 3 is 2.96 bits per heavy atom. The van der Waals surface area contributed by atoms with E-state index in [9.17, 15) is 4.79 Å². The Kier molecular flexibility index (Phi) is 4.94. The molecule has 1 N–H and O–H groups in total. The molecule has 0 bridgehead atoms. The number of para-hydroxylation sites is 1. The molecule has 1 aliphatic heterocycles. The molecule has 0 saturated carbocycles. The Bertz CT molecular complexity index is 955. The van der Waals surface area contributed by atoms with E-state index in [0.29, 0.717) is 5.92 Å². The normalized spacial score (nSPS) is 17.2. The summed E-state index contributed by atoms with van der Waals surface area (Å²) in [6, 6.07) is 13.6. The van der Waals surface area contributed by atoms with Crippen molar-refractivity contribution in [1.29, 1.82) is 0 Å². The molecule has 1 atom stereocenters. The van der Waals surface area contributed by atoms with Gasteiger partial charge in [0.2, 0.25) is 0 Å². The average Bonchev–Trinajstić information content (AvgIpc) is 3.30. The van der Waals surface area contributed by atoms with Crippen molar-refractivity contribution in [2.75, 3.05) is 26.7 Å². The number of benzene rings is 1. The Balaban J connectivity index is 1.74. The molecule has 0 spiro atoms. The third-order valence-corrected chi connectivity index (χ3v) is 6.09. The molecular weight excluding hydrogens is 366 g/mol. The molecule has 4 nitrogen and oxygen atoms in total. The number of pyridine rings is 1. The molecule has 6 heteroatoms. The van der Waals surface area contributed by atoms with E-state index in [2.05, 4.69) is 5.32 Å². The Morgan fingerprint density at radius 2 is 2.19 bits per heavy atom. The smallest absolute Gasteiger partial charge is 0.254 e. The highest BCUT2D eigenvalue weighted by atomic mass is 35.5. The first kappa shape index (κ1) is 17.5. The summed E-state index contributed by atoms with van der Waals surface area (Å²) < 4.78 is 0.720. The van der Waals surface area contributed by atoms with Gasteiger partial charge in [-0.1, -0.05) is 29.8 Å². The van der Waals surface area contributed by atoms with E-state index >= 15 is 0 Å². The summed E-state index contributed by atoms with van der Waals surface area (Å²) in [5.41, 5.74) is 2.36. The minimum atomic E-state index is 0.0890. The second kappa shape index (κ2) is 7.35. The van der Waals surface area contributed by atoms with Gasteiger partial charge in [0.05, 0.1) is 26.0 Å². The number of likely N-dealkylation sites (tertiary alicyclic amines) is 1. The van der Waals surface area contributed by atoms with Crippen molar-refractivity contribution >= 4 is 39.7 Å². The first-order valence-corrected chi connectivity index (χ1v) is 9.94. The zero-order chi connectivity index (χ0) is 18.1. The summed E-state index contributed by atoms with van der Waals surface area (Å²) in [6.45, 7) is 2.55. The van der Waals surface area contributed by atoms with Crippen LogP contribution in [0.25, 0.3) is 21.5 Å². The number of nitrogens with one attached hydrogen (secondary N) is 1. The highest BCUT2D eigenvalue weighted by Crippen LogP contribution is 2.33. The minimum Gasteiger partial charge on any atom is -0.338 e. The standard InChI is InChI=1S/C20H20ClN3OS/c1-22-11-13-8-9-24(12-13)20(25)15-10-17(18-6-7-19(21)26-18)23-16-5-3-2-4-14(15)16/h2-7,10,13,22H,8-9,11-12H2,1H3. The summed E-state index contributed by atoms with van der Waals surface area (Å²) in [7, 11) is 1.96. The maximum Gasteiger partial charge on any atom is 0.254 e. The van der Waals surface area contributed by atoms with Crippen LogP contribution in [0.1, 0.15) is 16.8 Å². The first-order valence-electron chi connectivity index (χ1n) is 8.75. The van der Waals surface area contributed by atoms with Crippen LogP contribution in [0, 0.1) is 5.92 Å². The van der Waals surface area contributed by atoms with Crippen molar-refractivity contribution in [3.63, 3.8) is 0 Å². The van der Waals surface area contributed by atoms with Gasteiger partial charge < -0.3 is 10.2 Å². The fraction of sp³-hybridized carbons (Fsp3) is 0.300. The van der Waals surface area contributed by atoms with Crippen LogP contribution >= 0.6 is 22.9 Å². The molecule has 0 radical (unpaired) electrons. The molecule has 4 rings (SSSR count). The van der Waals surface area contributed by atoms with Gasteiger partial charge in [-0.25, -0.2) is 4.98 Å². The van der Waals surface area contributed by atoms with Crippen LogP contribution in [-0.4, -0.2) is 42.5 Å². The number of amides is 1. The molecule has 134 valence electrons. The second-order valence-corrected chi connectivity index (χ2v) is 8.35. The number of rotatable bonds is 4. The van der Waals surface area contributed by atoms with E-state index in [1.165, 1.54) is 11.3 Å². The summed E-state index contributed by atoms with van der Waals surface area (Å²) in [4.78, 5) is 20.9. The van der Waals surface area contributed by atoms with E-state index < -0.39 is 0 Å². The van der Waals surface area contributed by atoms with Crippen molar-refractivity contribution in [3.8, 4) is 10.6 Å². The molecule has 2 aromatic heterocycles. The molecule has 3 aromatic rings. The quantitative estimate of drug-likeness (QED) is 0.728. The summed E-state index contributed by atoms with van der Waals surface area (Å²) in [5, 5.41) is 4.12. The monoisotopic (exact) mass is 385 g/mol. The van der Waals surface area contributed by atoms with Crippen molar-refractivity contribution in [1.82, 2.24) is 15.2 Å². The summed E-state index contributed by atoms with van der Waals surface area (Å²) in [5.74, 6) is 0.610. The Morgan fingerprint density at radius 1 is 1.35 bits per heavy atom. The SMILES string of the molecule is CNCC1CCN(C(=O)c2cc(-c3ccc(Cl)s3)nc3ccccc23)C1. The van der Waals surface area contributed by atoms with Gasteiger partial charge in [-0.2, -0.15) is 0 Å². The van der Waals surface area contributed by atoms with Gasteiger partial charge in [-0.3, -0.25) is 4.79 Å². The van der Waals surface area contributed by atoms with Crippen LogP contribution in [0.5, 0.6) is 0 Å². The minimum absolute atomic E-state index is 0.0890. The van der Waals surface area contributed by atoms with Crippen molar-refractivity contribution < 1.29 is 4.79 Å². The Hall–Kier alpha value is -1.95. The van der Waals surface area contributed by atoms with Gasteiger partial charge in [-0.05, 0) is 50.2 Å². The molecule has 1 aliphatic rings. The Labute approximate surface area is 161 Å². The molecule has 26 heavy (non-hydrogen) atoms. The van der Waals surface area contributed by atoms with Crippen LogP contribution in [0.4, 0.5) is 0 Å². The van der Waals surface area contributed by atoms with Crippen LogP contribution in [0.3, 0.4) is 0 Å². The van der Waals surface area contributed by atoms with Crippen LogP contribution in [-0.2, 0) is 0 Å². The van der Waals surface area contributed by atoms with E-state index in [-0.39, 0.29) is 5.91 Å². The lowest BCUT2D eigenvalue weighted by atomic mass is 10.1. The number of fused-ring (bicyclic) bond motifs is 1. The first-order chi connectivity index (χ1) is 12.7. The molecule has 1 saturated heterocycles. The number of aromatic nitrogens is 1. The highest BCUT2D eigenvalue weighted by molar-refractivity contribution is 7.19. The lowest BCUT2D eigenvalue weighted by Crippen LogP contribution is -2.30. The molecule has 1 unspecified atom stereocenters. The number of hydrogen-bond acceptors (Lipinski definition) is 4. The number of thiophene rings is 1. The number of nitrogens with zero attached hydrogens (tertiary/aromatic N) is 2. The zero-order valence-electron chi connectivity index (χ0n) is 14.5. The second-order valence-electron chi connectivity index (χ2n) is 6.64. The van der Waals surface area contributed by atoms with Crippen LogP contribution in [0.2, 0.25) is 4.34 Å². The molecular formula is C20H20ClN3OS. The molecule has 3 heterocycles. The van der Waals surface area contributed by atoms with Crippen molar-refractivity contribution in [2.45, 2.75) is 6.42 Å². The van der Waals surface area contributed by atoms with Gasteiger partial charge in [-0.15, -0.1) is 11.3 Å². The maximum absolute atomic E-state index is 13.3. The van der Waals surface area contributed by atoms with Gasteiger partial charge in [0.25, 0.3) is 5.91 Å². The van der Waals surface area contributed by atoms with Crippen LogP contribution in [0.15, 0.2) is 42.5 Å². The summed E-state index contributed by atoms with van der Waals surface area (Å²) >= 11 is 7.57. The lowest BCUT2D eigenvalue weighted by Gasteiger charge is -2.18. The van der Waals surface area contributed by atoms with Crippen LogP contribution < -0.4 is 5.32 Å². The van der Waals surface area contributed by atoms with E-state index in [1.807, 2.05) is 54.4 Å². The third-order valence-electron chi connectivity index (χ3n) is 4.84. The topological polar surface area (TPSA) is 45.2 Å². The number of carbonyl (C=O) groups excluding carboxylic acids is 1. The number of hydrogen-bond donors (Lipinski definition) is 1. The largest absolute Gasteiger partial charge is 0.338 e. The van der Waals surface area contributed by atoms with Crippen molar-refractivity contribution in [3.05, 3.63) is 52.4 Å². The van der Waals surface area contributed by atoms with Gasteiger partial charge >= 0.3 is 0 Å². The molecule has 1 fully saturated rings. The fourth-order valence-corrected chi connectivity index (χ4v) is 4.58. The van der Waals surface area contributed by atoms with Gasteiger partial charge in [0.15, 0.2) is 0 Å². The molecule has 1 aromatic carbocycles. The predicted molar refractivity (Wildman–Crippen MR) is 108 cm³/mol. The predicted octanol–water partition coefficient (Wildman–Crippen LogP) is 4.30. The third kappa shape index (κ3) is 3.34. The average molecular weight is 386 g/mol. The molecule has 1 amide bonds. The van der Waals surface area contributed by atoms with E-state index in [0.717, 1.165) is 57.4 Å². The van der Waals surface area contributed by atoms with E-state index in [4.69, 9.17) is 16.6 Å². The number of carbonyl (C=O) groups is 1. The van der Waals surface area contributed by atoms with Crippen molar-refractivity contribution in [2.24, 2.45) is 5.92 Å². The highest BCUT2D eigenvalue weighted by Gasteiger charge is 2.28. The fourth-order valence-electron chi connectivity index (χ4n) is 3.57. The summed E-state index contributed by atoms with van der Waals surface area (Å²) in [6.07, 6.45) is 1.04. The van der Waals surface area contributed by atoms with E-state index in [1.54, 1.807) is 0 Å². The van der Waals surface area contributed by atoms with Gasteiger partial charge in [0.1, 0.15) is 0 Å². The molecule has 0 aliphatic carbocycles. The maximum atomic E-state index is 13.3. The van der Waals surface area contributed by atoms with Gasteiger partial charge in [0, 0.05) is 18.5 Å². The zero-order valence-corrected chi connectivity index (χ0v) is 16.1. The lowest BCUT2D eigenvalue weighted by molar-refractivity contribution is 0.0789. The number of halogens is 1.